The Labute approximate surface area is 209 Å². The number of hydrogen-bond acceptors (Lipinski definition) is 9. The van der Waals surface area contributed by atoms with Gasteiger partial charge in [-0.25, -0.2) is 0 Å². The van der Waals surface area contributed by atoms with Crippen LogP contribution in [0.1, 0.15) is 20.8 Å². The zero-order valence-electron chi connectivity index (χ0n) is 18.4. The summed E-state index contributed by atoms with van der Waals surface area (Å²) in [5, 5.41) is 10.0. The van der Waals surface area contributed by atoms with Crippen LogP contribution in [0.3, 0.4) is 0 Å². The Balaban J connectivity index is 1.77. The first kappa shape index (κ1) is 24.1. The second kappa shape index (κ2) is 10.1. The molecule has 0 bridgehead atoms. The van der Waals surface area contributed by atoms with E-state index < -0.39 is 0 Å². The Hall–Kier alpha value is -2.05. The van der Waals surface area contributed by atoms with E-state index >= 15 is 0 Å². The Bertz CT molecular complexity index is 1330. The number of allylic oxidation sites excluding steroid dienone is 1. The molecule has 1 fully saturated rings. The van der Waals surface area contributed by atoms with Gasteiger partial charge in [-0.15, -0.1) is 11.3 Å². The maximum absolute atomic E-state index is 13.1. The number of aliphatic hydroxyl groups is 1. The molecule has 1 N–H and O–H groups in total. The van der Waals surface area contributed by atoms with Crippen LogP contribution in [0.15, 0.2) is 39.0 Å². The quantitative estimate of drug-likeness (QED) is 0.459. The summed E-state index contributed by atoms with van der Waals surface area (Å²) in [5.41, 5.74) is 0.890. The SMILES string of the molecule is CCN1C(=O)/C(=c2/sc(=CC=C3Sc4ccc(OCO)cc4N3CC)c(=O)n2CC)SC1=S. The number of carbonyl (C=O) groups is 1. The van der Waals surface area contributed by atoms with Crippen molar-refractivity contribution >= 4 is 74.0 Å². The molecular weight excluding hydrogens is 499 g/mol. The van der Waals surface area contributed by atoms with Crippen LogP contribution in [0, 0.1) is 0 Å². The van der Waals surface area contributed by atoms with Gasteiger partial charge < -0.3 is 14.7 Å². The van der Waals surface area contributed by atoms with Crippen LogP contribution in [0.2, 0.25) is 0 Å². The van der Waals surface area contributed by atoms with E-state index in [0.717, 1.165) is 22.2 Å². The van der Waals surface area contributed by atoms with Gasteiger partial charge in [0.05, 0.1) is 15.2 Å². The topological polar surface area (TPSA) is 75.0 Å². The smallest absolute Gasteiger partial charge is 0.269 e. The van der Waals surface area contributed by atoms with Gasteiger partial charge in [-0.05, 0) is 45.1 Å². The first-order chi connectivity index (χ1) is 15.9. The van der Waals surface area contributed by atoms with E-state index in [0.29, 0.717) is 37.3 Å². The molecule has 0 aliphatic carbocycles. The molecular formula is C22H23N3O4S4. The fraction of sp³-hybridized carbons (Fsp3) is 0.318. The van der Waals surface area contributed by atoms with Gasteiger partial charge >= 0.3 is 0 Å². The highest BCUT2D eigenvalue weighted by molar-refractivity contribution is 8.30. The maximum Gasteiger partial charge on any atom is 0.269 e. The summed E-state index contributed by atoms with van der Waals surface area (Å²) in [4.78, 5) is 31.2. The zero-order chi connectivity index (χ0) is 23.7. The number of ether oxygens (including phenoxy) is 1. The van der Waals surface area contributed by atoms with Crippen molar-refractivity contribution in [1.29, 1.82) is 0 Å². The van der Waals surface area contributed by atoms with Crippen LogP contribution >= 0.6 is 47.1 Å². The highest BCUT2D eigenvalue weighted by Crippen LogP contribution is 2.47. The molecule has 7 nitrogen and oxygen atoms in total. The number of amides is 1. The Morgan fingerprint density at radius 1 is 1.06 bits per heavy atom. The average Bonchev–Trinajstić information content (AvgIpc) is 3.41. The molecule has 0 radical (unpaired) electrons. The van der Waals surface area contributed by atoms with Crippen molar-refractivity contribution in [3.05, 3.63) is 48.9 Å². The monoisotopic (exact) mass is 521 g/mol. The number of thioether (sulfide) groups is 2. The van der Waals surface area contributed by atoms with Crippen molar-refractivity contribution in [3.8, 4) is 5.75 Å². The van der Waals surface area contributed by atoms with Crippen LogP contribution in [0.5, 0.6) is 5.75 Å². The van der Waals surface area contributed by atoms with Crippen molar-refractivity contribution in [1.82, 2.24) is 9.47 Å². The second-order valence-corrected chi connectivity index (χ2v) is 10.7. The number of anilines is 1. The van der Waals surface area contributed by atoms with Crippen molar-refractivity contribution in [3.63, 3.8) is 0 Å². The van der Waals surface area contributed by atoms with E-state index in [9.17, 15) is 9.59 Å². The Morgan fingerprint density at radius 2 is 1.82 bits per heavy atom. The third kappa shape index (κ3) is 4.40. The lowest BCUT2D eigenvalue weighted by Gasteiger charge is -2.18. The highest BCUT2D eigenvalue weighted by atomic mass is 32.2. The number of thiocarbonyl (C=S) groups is 1. The number of carbonyl (C=O) groups excluding carboxylic acids is 1. The van der Waals surface area contributed by atoms with Gasteiger partial charge in [-0.2, -0.15) is 0 Å². The highest BCUT2D eigenvalue weighted by Gasteiger charge is 2.32. The first-order valence-electron chi connectivity index (χ1n) is 10.5. The van der Waals surface area contributed by atoms with Crippen LogP contribution < -0.4 is 24.4 Å². The van der Waals surface area contributed by atoms with E-state index in [1.54, 1.807) is 21.2 Å². The van der Waals surface area contributed by atoms with E-state index in [1.807, 2.05) is 44.2 Å². The van der Waals surface area contributed by atoms with Gasteiger partial charge in [0, 0.05) is 30.6 Å². The molecule has 0 saturated carbocycles. The lowest BCUT2D eigenvalue weighted by Crippen LogP contribution is -2.33. The summed E-state index contributed by atoms with van der Waals surface area (Å²) >= 11 is 9.53. The van der Waals surface area contributed by atoms with Crippen LogP contribution in [-0.2, 0) is 11.3 Å². The van der Waals surface area contributed by atoms with Crippen LogP contribution in [-0.4, -0.2) is 44.7 Å². The van der Waals surface area contributed by atoms with Gasteiger partial charge in [0.25, 0.3) is 11.5 Å². The molecule has 2 aliphatic rings. The predicted molar refractivity (Wildman–Crippen MR) is 140 cm³/mol. The van der Waals surface area contributed by atoms with E-state index in [-0.39, 0.29) is 18.3 Å². The molecule has 0 atom stereocenters. The number of thiazole rings is 1. The molecule has 1 amide bonds. The van der Waals surface area contributed by atoms with E-state index in [4.69, 9.17) is 22.1 Å². The number of rotatable bonds is 6. The van der Waals surface area contributed by atoms with Crippen molar-refractivity contribution in [2.75, 3.05) is 24.8 Å². The Kier molecular flexibility index (Phi) is 7.34. The molecule has 174 valence electrons. The molecule has 11 heteroatoms. The molecule has 4 rings (SSSR count). The number of aliphatic hydroxyl groups excluding tert-OH is 1. The summed E-state index contributed by atoms with van der Waals surface area (Å²) in [6.45, 7) is 7.18. The van der Waals surface area contributed by atoms with Crippen molar-refractivity contribution in [2.24, 2.45) is 0 Å². The lowest BCUT2D eigenvalue weighted by molar-refractivity contribution is -0.120. The molecule has 3 heterocycles. The molecule has 2 aromatic rings. The van der Waals surface area contributed by atoms with Crippen LogP contribution in [0.4, 0.5) is 5.69 Å². The van der Waals surface area contributed by atoms with Gasteiger partial charge in [0.2, 0.25) is 0 Å². The largest absolute Gasteiger partial charge is 0.468 e. The molecule has 1 saturated heterocycles. The van der Waals surface area contributed by atoms with Crippen molar-refractivity contribution < 1.29 is 14.6 Å². The summed E-state index contributed by atoms with van der Waals surface area (Å²) in [6.07, 6.45) is 3.76. The van der Waals surface area contributed by atoms with E-state index in [2.05, 4.69) is 11.8 Å². The zero-order valence-corrected chi connectivity index (χ0v) is 21.6. The van der Waals surface area contributed by atoms with Crippen molar-refractivity contribution in [2.45, 2.75) is 32.2 Å². The van der Waals surface area contributed by atoms with Gasteiger partial charge in [-0.3, -0.25) is 19.1 Å². The normalized spacial score (nSPS) is 19.3. The standard InChI is InChI=1S/C22H23N3O4S4/c1-4-23-14-11-13(29-12-26)7-8-15(14)31-17(23)10-9-16-19(27)24(5-2)21(32-16)18-20(28)25(6-3)22(30)33-18/h7-11,26H,4-6,12H2,1-3H3/b16-9?,17-10?,21-18-. The van der Waals surface area contributed by atoms with Crippen LogP contribution in [0.25, 0.3) is 11.0 Å². The molecule has 2 aliphatic heterocycles. The molecule has 1 aromatic heterocycles. The summed E-state index contributed by atoms with van der Waals surface area (Å²) in [7, 11) is 0. The lowest BCUT2D eigenvalue weighted by atomic mass is 10.2. The van der Waals surface area contributed by atoms with E-state index in [1.165, 1.54) is 23.1 Å². The molecule has 33 heavy (non-hydrogen) atoms. The van der Waals surface area contributed by atoms with Gasteiger partial charge in [0.1, 0.15) is 19.6 Å². The molecule has 0 spiro atoms. The minimum Gasteiger partial charge on any atom is -0.468 e. The average molecular weight is 522 g/mol. The minimum atomic E-state index is -0.376. The number of benzene rings is 1. The number of fused-ring (bicyclic) bond motifs is 1. The number of aromatic nitrogens is 1. The third-order valence-corrected chi connectivity index (χ3v) is 9.06. The minimum absolute atomic E-state index is 0.113. The maximum atomic E-state index is 13.1. The fourth-order valence-electron chi connectivity index (χ4n) is 3.63. The fourth-order valence-corrected chi connectivity index (χ4v) is 7.39. The summed E-state index contributed by atoms with van der Waals surface area (Å²) < 4.78 is 8.61. The number of hydrogen-bond donors (Lipinski definition) is 1. The first-order valence-corrected chi connectivity index (χ1v) is 13.3. The van der Waals surface area contributed by atoms with Gasteiger partial charge in [0.15, 0.2) is 6.79 Å². The number of nitrogens with zero attached hydrogens (tertiary/aromatic N) is 3. The molecule has 1 aromatic carbocycles. The summed E-state index contributed by atoms with van der Waals surface area (Å²) in [5.74, 6) is 0.463. The third-order valence-electron chi connectivity index (χ3n) is 5.21. The predicted octanol–water partition coefficient (Wildman–Crippen LogP) is 2.50. The molecule has 0 unspecified atom stereocenters. The van der Waals surface area contributed by atoms with Gasteiger partial charge in [-0.1, -0.05) is 35.7 Å². The summed E-state index contributed by atoms with van der Waals surface area (Å²) in [6, 6.07) is 5.69. The Morgan fingerprint density at radius 3 is 2.45 bits per heavy atom. The second-order valence-electron chi connectivity index (χ2n) is 6.99.